The lowest BCUT2D eigenvalue weighted by atomic mass is 10.0. The van der Waals surface area contributed by atoms with Crippen molar-refractivity contribution in [2.75, 3.05) is 0 Å². The first-order chi connectivity index (χ1) is 13.5. The van der Waals surface area contributed by atoms with Gasteiger partial charge in [-0.15, -0.1) is 0 Å². The van der Waals surface area contributed by atoms with Gasteiger partial charge in [0.2, 0.25) is 5.91 Å². The Morgan fingerprint density at radius 2 is 1.52 bits per heavy atom. The van der Waals surface area contributed by atoms with Crippen LogP contribution in [0.4, 0.5) is 26.3 Å². The predicted octanol–water partition coefficient (Wildman–Crippen LogP) is 4.83. The average Bonchev–Trinajstić information content (AvgIpc) is 3.15. The van der Waals surface area contributed by atoms with Gasteiger partial charge in [0.05, 0.1) is 17.2 Å². The van der Waals surface area contributed by atoms with Crippen LogP contribution in [0.1, 0.15) is 41.1 Å². The summed E-state index contributed by atoms with van der Waals surface area (Å²) in [5.74, 6) is -0.464. The van der Waals surface area contributed by atoms with Crippen LogP contribution in [0, 0.1) is 0 Å². The van der Waals surface area contributed by atoms with E-state index in [1.165, 1.54) is 0 Å². The molecule has 9 heteroatoms. The Balaban J connectivity index is 1.67. The smallest absolute Gasteiger partial charge is 0.351 e. The van der Waals surface area contributed by atoms with Gasteiger partial charge in [-0.05, 0) is 42.2 Å². The molecule has 1 aliphatic rings. The molecule has 3 nitrogen and oxygen atoms in total. The van der Waals surface area contributed by atoms with E-state index in [9.17, 15) is 31.1 Å². The Hall–Kier alpha value is -2.55. The summed E-state index contributed by atoms with van der Waals surface area (Å²) >= 11 is 0. The van der Waals surface area contributed by atoms with Crippen molar-refractivity contribution in [3.63, 3.8) is 0 Å². The third-order valence-electron chi connectivity index (χ3n) is 4.78. The third-order valence-corrected chi connectivity index (χ3v) is 4.78. The summed E-state index contributed by atoms with van der Waals surface area (Å²) in [4.78, 5) is 12.3. The number of hydrogen-bond acceptors (Lipinski definition) is 2. The largest absolute Gasteiger partial charge is 0.416 e. The van der Waals surface area contributed by atoms with Crippen molar-refractivity contribution in [2.45, 2.75) is 43.8 Å². The SMILES string of the molecule is O=C(NCc1cc(C(F)(F)F)cc(C(F)(F)F)c1)[C@H]1CC[C@@H](c2ccccc2)N1. The van der Waals surface area contributed by atoms with Crippen LogP contribution in [0.25, 0.3) is 0 Å². The highest BCUT2D eigenvalue weighted by molar-refractivity contribution is 5.82. The molecule has 1 saturated heterocycles. The lowest BCUT2D eigenvalue weighted by Crippen LogP contribution is -2.40. The molecule has 0 bridgehead atoms. The van der Waals surface area contributed by atoms with Crippen LogP contribution in [-0.4, -0.2) is 11.9 Å². The maximum absolute atomic E-state index is 12.9. The molecule has 2 atom stereocenters. The topological polar surface area (TPSA) is 41.1 Å². The number of rotatable bonds is 4. The summed E-state index contributed by atoms with van der Waals surface area (Å²) in [5.41, 5.74) is -2.06. The molecule has 0 radical (unpaired) electrons. The Morgan fingerprint density at radius 3 is 2.07 bits per heavy atom. The van der Waals surface area contributed by atoms with Gasteiger partial charge in [0.1, 0.15) is 0 Å². The van der Waals surface area contributed by atoms with E-state index >= 15 is 0 Å². The summed E-state index contributed by atoms with van der Waals surface area (Å²) in [6.45, 7) is -0.431. The quantitative estimate of drug-likeness (QED) is 0.701. The second kappa shape index (κ2) is 8.06. The van der Waals surface area contributed by atoms with Crippen molar-refractivity contribution in [3.05, 3.63) is 70.8 Å². The first-order valence-electron chi connectivity index (χ1n) is 8.91. The van der Waals surface area contributed by atoms with Gasteiger partial charge in [0, 0.05) is 12.6 Å². The van der Waals surface area contributed by atoms with Gasteiger partial charge in [-0.1, -0.05) is 30.3 Å². The fourth-order valence-corrected chi connectivity index (χ4v) is 3.33. The van der Waals surface area contributed by atoms with E-state index in [0.29, 0.717) is 25.0 Å². The number of benzene rings is 2. The van der Waals surface area contributed by atoms with E-state index < -0.39 is 42.0 Å². The first-order valence-corrected chi connectivity index (χ1v) is 8.91. The Bertz CT molecular complexity index is 831. The molecule has 1 aliphatic heterocycles. The number of carbonyl (C=O) groups is 1. The molecule has 2 aromatic rings. The normalized spacial score (nSPS) is 19.9. The summed E-state index contributed by atoms with van der Waals surface area (Å²) < 4.78 is 77.5. The van der Waals surface area contributed by atoms with Crippen LogP contribution in [-0.2, 0) is 23.7 Å². The maximum Gasteiger partial charge on any atom is 0.416 e. The third kappa shape index (κ3) is 5.29. The highest BCUT2D eigenvalue weighted by Gasteiger charge is 2.37. The molecular weight excluding hydrogens is 398 g/mol. The van der Waals surface area contributed by atoms with E-state index in [0.717, 1.165) is 5.56 Å². The number of carbonyl (C=O) groups excluding carboxylic acids is 1. The van der Waals surface area contributed by atoms with Crippen LogP contribution < -0.4 is 10.6 Å². The van der Waals surface area contributed by atoms with Crippen LogP contribution >= 0.6 is 0 Å². The molecule has 1 amide bonds. The second-order valence-corrected chi connectivity index (χ2v) is 6.89. The maximum atomic E-state index is 12.9. The molecule has 156 valence electrons. The van der Waals surface area contributed by atoms with Gasteiger partial charge in [-0.2, -0.15) is 26.3 Å². The molecule has 0 spiro atoms. The lowest BCUT2D eigenvalue weighted by molar-refractivity contribution is -0.143. The van der Waals surface area contributed by atoms with Gasteiger partial charge in [0.25, 0.3) is 0 Å². The minimum absolute atomic E-state index is 0.0302. The van der Waals surface area contributed by atoms with Gasteiger partial charge in [0.15, 0.2) is 0 Å². The average molecular weight is 416 g/mol. The molecule has 0 unspecified atom stereocenters. The molecular formula is C20H18F6N2O. The van der Waals surface area contributed by atoms with Gasteiger partial charge < -0.3 is 5.32 Å². The van der Waals surface area contributed by atoms with Crippen molar-refractivity contribution in [3.8, 4) is 0 Å². The molecule has 3 rings (SSSR count). The van der Waals surface area contributed by atoms with Crippen molar-refractivity contribution in [1.82, 2.24) is 10.6 Å². The second-order valence-electron chi connectivity index (χ2n) is 6.89. The molecule has 0 aliphatic carbocycles. The van der Waals surface area contributed by atoms with Crippen molar-refractivity contribution >= 4 is 5.91 Å². The number of halogens is 6. The first kappa shape index (κ1) is 21.2. The number of nitrogens with one attached hydrogen (secondary N) is 2. The molecule has 1 heterocycles. The Morgan fingerprint density at radius 1 is 0.931 bits per heavy atom. The van der Waals surface area contributed by atoms with Crippen LogP contribution in [0.2, 0.25) is 0 Å². The van der Waals surface area contributed by atoms with E-state index in [4.69, 9.17) is 0 Å². The summed E-state index contributed by atoms with van der Waals surface area (Å²) in [6.07, 6.45) is -8.63. The van der Waals surface area contributed by atoms with Gasteiger partial charge >= 0.3 is 12.4 Å². The van der Waals surface area contributed by atoms with Crippen LogP contribution in [0.15, 0.2) is 48.5 Å². The number of alkyl halides is 6. The summed E-state index contributed by atoms with van der Waals surface area (Å²) in [7, 11) is 0. The summed E-state index contributed by atoms with van der Waals surface area (Å²) in [6, 6.07) is 10.1. The molecule has 2 N–H and O–H groups in total. The highest BCUT2D eigenvalue weighted by atomic mass is 19.4. The predicted molar refractivity (Wildman–Crippen MR) is 93.6 cm³/mol. The monoisotopic (exact) mass is 416 g/mol. The minimum Gasteiger partial charge on any atom is -0.351 e. The van der Waals surface area contributed by atoms with Crippen molar-refractivity contribution < 1.29 is 31.1 Å². The standard InChI is InChI=1S/C20H18F6N2O/c21-19(22,23)14-8-12(9-15(10-14)20(24,25)26)11-27-18(29)17-7-6-16(28-17)13-4-2-1-3-5-13/h1-5,8-10,16-17,28H,6-7,11H2,(H,27,29)/t16-,17+/m0/s1. The van der Waals surface area contributed by atoms with Gasteiger partial charge in [-0.3, -0.25) is 10.1 Å². The highest BCUT2D eigenvalue weighted by Crippen LogP contribution is 2.36. The zero-order chi connectivity index (χ0) is 21.2. The zero-order valence-electron chi connectivity index (χ0n) is 15.1. The molecule has 2 aromatic carbocycles. The van der Waals surface area contributed by atoms with Crippen LogP contribution in [0.5, 0.6) is 0 Å². The Labute approximate surface area is 163 Å². The summed E-state index contributed by atoms with van der Waals surface area (Å²) in [5, 5.41) is 5.58. The Kier molecular flexibility index (Phi) is 5.88. The van der Waals surface area contributed by atoms with E-state index in [-0.39, 0.29) is 17.7 Å². The van der Waals surface area contributed by atoms with Crippen molar-refractivity contribution in [2.24, 2.45) is 0 Å². The fourth-order valence-electron chi connectivity index (χ4n) is 3.33. The number of amides is 1. The van der Waals surface area contributed by atoms with E-state index in [1.54, 1.807) is 0 Å². The lowest BCUT2D eigenvalue weighted by Gasteiger charge is -2.17. The van der Waals surface area contributed by atoms with Crippen LogP contribution in [0.3, 0.4) is 0 Å². The van der Waals surface area contributed by atoms with Gasteiger partial charge in [-0.25, -0.2) is 0 Å². The molecule has 29 heavy (non-hydrogen) atoms. The van der Waals surface area contributed by atoms with E-state index in [2.05, 4.69) is 10.6 Å². The van der Waals surface area contributed by atoms with E-state index in [1.807, 2.05) is 30.3 Å². The van der Waals surface area contributed by atoms with Crippen molar-refractivity contribution in [1.29, 1.82) is 0 Å². The fraction of sp³-hybridized carbons (Fsp3) is 0.350. The zero-order valence-corrected chi connectivity index (χ0v) is 15.1. The molecule has 0 saturated carbocycles. The molecule has 0 aromatic heterocycles. The molecule has 1 fully saturated rings. The minimum atomic E-state index is -4.92. The number of hydrogen-bond donors (Lipinski definition) is 2.